The number of phenols is 1. The van der Waals surface area contributed by atoms with Crippen LogP contribution < -0.4 is 4.72 Å². The number of aliphatic hydroxyl groups is 1. The Morgan fingerprint density at radius 3 is 2.35 bits per heavy atom. The molecule has 3 aromatic carbocycles. The first kappa shape index (κ1) is 19.0. The van der Waals surface area contributed by atoms with Gasteiger partial charge in [-0.05, 0) is 30.3 Å². The standard InChI is InChI=1S/C18H16BrNO4S2/c19-12-5-7-13(8-6-12)26(23,24)20-16-11-17(25-10-9-21)18(22)15-4-2-1-3-14(15)16/h1-8,11,20-22H,9-10H2. The maximum Gasteiger partial charge on any atom is 0.261 e. The van der Waals surface area contributed by atoms with E-state index in [1.807, 2.05) is 0 Å². The molecule has 0 fully saturated rings. The minimum atomic E-state index is -3.78. The van der Waals surface area contributed by atoms with E-state index in [0.717, 1.165) is 4.47 Å². The van der Waals surface area contributed by atoms with E-state index >= 15 is 0 Å². The van der Waals surface area contributed by atoms with Crippen molar-refractivity contribution in [3.8, 4) is 5.75 Å². The van der Waals surface area contributed by atoms with Gasteiger partial charge in [-0.3, -0.25) is 4.72 Å². The van der Waals surface area contributed by atoms with E-state index in [-0.39, 0.29) is 17.3 Å². The van der Waals surface area contributed by atoms with E-state index in [0.29, 0.717) is 27.1 Å². The Labute approximate surface area is 164 Å². The van der Waals surface area contributed by atoms with Crippen LogP contribution in [0.1, 0.15) is 0 Å². The Morgan fingerprint density at radius 1 is 1.04 bits per heavy atom. The second kappa shape index (κ2) is 7.87. The molecule has 8 heteroatoms. The van der Waals surface area contributed by atoms with E-state index in [9.17, 15) is 13.5 Å². The molecule has 0 bridgehead atoms. The van der Waals surface area contributed by atoms with Gasteiger partial charge in [0.05, 0.1) is 22.1 Å². The number of hydrogen-bond donors (Lipinski definition) is 3. The van der Waals surface area contributed by atoms with Gasteiger partial charge in [0, 0.05) is 21.0 Å². The fraction of sp³-hybridized carbons (Fsp3) is 0.111. The summed E-state index contributed by atoms with van der Waals surface area (Å²) in [5.74, 6) is 0.468. The Hall–Kier alpha value is -1.74. The van der Waals surface area contributed by atoms with Crippen LogP contribution in [0.3, 0.4) is 0 Å². The first-order chi connectivity index (χ1) is 12.4. The van der Waals surface area contributed by atoms with Crippen LogP contribution in [0.15, 0.2) is 68.9 Å². The van der Waals surface area contributed by atoms with Crippen LogP contribution in [0.25, 0.3) is 10.8 Å². The first-order valence-electron chi connectivity index (χ1n) is 7.69. The van der Waals surface area contributed by atoms with Gasteiger partial charge in [-0.25, -0.2) is 8.42 Å². The monoisotopic (exact) mass is 453 g/mol. The lowest BCUT2D eigenvalue weighted by Crippen LogP contribution is -2.13. The van der Waals surface area contributed by atoms with Gasteiger partial charge in [0.1, 0.15) is 5.75 Å². The molecule has 0 aliphatic heterocycles. The van der Waals surface area contributed by atoms with Gasteiger partial charge < -0.3 is 10.2 Å². The smallest absolute Gasteiger partial charge is 0.261 e. The average molecular weight is 454 g/mol. The van der Waals surface area contributed by atoms with Crippen molar-refractivity contribution in [2.75, 3.05) is 17.1 Å². The van der Waals surface area contributed by atoms with Crippen LogP contribution in [0, 0.1) is 0 Å². The van der Waals surface area contributed by atoms with E-state index in [1.165, 1.54) is 23.9 Å². The molecule has 0 aromatic heterocycles. The number of rotatable bonds is 6. The summed E-state index contributed by atoms with van der Waals surface area (Å²) in [6.07, 6.45) is 0. The molecule has 0 atom stereocenters. The molecular weight excluding hydrogens is 438 g/mol. The summed E-state index contributed by atoms with van der Waals surface area (Å²) in [6.45, 7) is -0.0448. The molecule has 3 N–H and O–H groups in total. The van der Waals surface area contributed by atoms with Crippen molar-refractivity contribution in [1.29, 1.82) is 0 Å². The third kappa shape index (κ3) is 3.98. The zero-order chi connectivity index (χ0) is 18.7. The summed E-state index contributed by atoms with van der Waals surface area (Å²) >= 11 is 4.55. The van der Waals surface area contributed by atoms with Crippen molar-refractivity contribution in [3.63, 3.8) is 0 Å². The molecule has 3 aromatic rings. The minimum absolute atomic E-state index is 0.0448. The van der Waals surface area contributed by atoms with Gasteiger partial charge in [0.15, 0.2) is 0 Å². The fourth-order valence-electron chi connectivity index (χ4n) is 2.50. The topological polar surface area (TPSA) is 86.6 Å². The van der Waals surface area contributed by atoms with Crippen LogP contribution >= 0.6 is 27.7 Å². The third-order valence-electron chi connectivity index (χ3n) is 3.70. The third-order valence-corrected chi connectivity index (χ3v) is 6.62. The molecule has 0 saturated carbocycles. The van der Waals surface area contributed by atoms with Gasteiger partial charge >= 0.3 is 0 Å². The molecule has 0 heterocycles. The van der Waals surface area contributed by atoms with Gasteiger partial charge in [-0.2, -0.15) is 0 Å². The molecule has 3 rings (SSSR count). The predicted octanol–water partition coefficient (Wildman–Crippen LogP) is 4.19. The lowest BCUT2D eigenvalue weighted by molar-refractivity contribution is 0.322. The summed E-state index contributed by atoms with van der Waals surface area (Å²) in [5, 5.41) is 20.6. The van der Waals surface area contributed by atoms with Crippen LogP contribution in [0.2, 0.25) is 0 Å². The zero-order valence-electron chi connectivity index (χ0n) is 13.5. The predicted molar refractivity (Wildman–Crippen MR) is 108 cm³/mol. The van der Waals surface area contributed by atoms with Gasteiger partial charge in [0.2, 0.25) is 0 Å². The van der Waals surface area contributed by atoms with Crippen molar-refractivity contribution < 1.29 is 18.6 Å². The van der Waals surface area contributed by atoms with Crippen molar-refractivity contribution in [3.05, 3.63) is 59.1 Å². The SMILES string of the molecule is O=S(=O)(Nc1cc(SCCO)c(O)c2ccccc12)c1ccc(Br)cc1. The summed E-state index contributed by atoms with van der Waals surface area (Å²) in [6, 6.07) is 15.0. The van der Waals surface area contributed by atoms with Crippen LogP contribution in [-0.2, 0) is 10.0 Å². The molecule has 0 spiro atoms. The Balaban J connectivity index is 2.08. The van der Waals surface area contributed by atoms with Crippen molar-refractivity contribution in [2.24, 2.45) is 0 Å². The number of halogens is 1. The van der Waals surface area contributed by atoms with Crippen LogP contribution in [-0.4, -0.2) is 31.0 Å². The number of benzene rings is 3. The summed E-state index contributed by atoms with van der Waals surface area (Å²) in [5.41, 5.74) is 0.377. The maximum atomic E-state index is 12.7. The molecule has 136 valence electrons. The van der Waals surface area contributed by atoms with Crippen molar-refractivity contribution in [1.82, 2.24) is 0 Å². The molecule has 0 saturated heterocycles. The number of thioether (sulfide) groups is 1. The number of phenolic OH excluding ortho intramolecular Hbond substituents is 1. The number of nitrogens with one attached hydrogen (secondary N) is 1. The molecule has 26 heavy (non-hydrogen) atoms. The Bertz CT molecular complexity index is 1040. The van der Waals surface area contributed by atoms with Gasteiger partial charge in [-0.15, -0.1) is 11.8 Å². The van der Waals surface area contributed by atoms with Gasteiger partial charge in [0.25, 0.3) is 10.0 Å². The van der Waals surface area contributed by atoms with E-state index < -0.39 is 10.0 Å². The molecule has 0 unspecified atom stereocenters. The first-order valence-corrected chi connectivity index (χ1v) is 11.0. The largest absolute Gasteiger partial charge is 0.506 e. The van der Waals surface area contributed by atoms with Crippen molar-refractivity contribution in [2.45, 2.75) is 9.79 Å². The van der Waals surface area contributed by atoms with Crippen molar-refractivity contribution >= 4 is 54.2 Å². The summed E-state index contributed by atoms with van der Waals surface area (Å²) in [4.78, 5) is 0.647. The highest BCUT2D eigenvalue weighted by atomic mass is 79.9. The maximum absolute atomic E-state index is 12.7. The summed E-state index contributed by atoms with van der Waals surface area (Å²) < 4.78 is 28.9. The number of aliphatic hydroxyl groups excluding tert-OH is 1. The quantitative estimate of drug-likeness (QED) is 0.384. The fourth-order valence-corrected chi connectivity index (χ4v) is 4.60. The normalized spacial score (nSPS) is 11.6. The zero-order valence-corrected chi connectivity index (χ0v) is 16.7. The highest BCUT2D eigenvalue weighted by Crippen LogP contribution is 2.40. The summed E-state index contributed by atoms with van der Waals surface area (Å²) in [7, 11) is -3.78. The molecule has 0 amide bonds. The minimum Gasteiger partial charge on any atom is -0.506 e. The second-order valence-electron chi connectivity index (χ2n) is 5.45. The lowest BCUT2D eigenvalue weighted by Gasteiger charge is -2.15. The number of sulfonamides is 1. The molecule has 0 aliphatic rings. The molecular formula is C18H16BrNO4S2. The number of anilines is 1. The van der Waals surface area contributed by atoms with E-state index in [4.69, 9.17) is 5.11 Å². The Morgan fingerprint density at radius 2 is 1.69 bits per heavy atom. The average Bonchev–Trinajstić information content (AvgIpc) is 2.63. The number of hydrogen-bond acceptors (Lipinski definition) is 5. The Kier molecular flexibility index (Phi) is 5.76. The molecule has 0 aliphatic carbocycles. The highest BCUT2D eigenvalue weighted by Gasteiger charge is 2.18. The lowest BCUT2D eigenvalue weighted by atomic mass is 10.1. The van der Waals surface area contributed by atoms with Gasteiger partial charge in [-0.1, -0.05) is 40.2 Å². The molecule has 5 nitrogen and oxygen atoms in total. The van der Waals surface area contributed by atoms with Crippen LogP contribution in [0.5, 0.6) is 5.75 Å². The number of fused-ring (bicyclic) bond motifs is 1. The second-order valence-corrected chi connectivity index (χ2v) is 9.18. The van der Waals surface area contributed by atoms with E-state index in [1.54, 1.807) is 42.5 Å². The van der Waals surface area contributed by atoms with E-state index in [2.05, 4.69) is 20.7 Å². The molecule has 0 radical (unpaired) electrons. The number of aromatic hydroxyl groups is 1. The highest BCUT2D eigenvalue weighted by molar-refractivity contribution is 9.10. The van der Waals surface area contributed by atoms with Crippen LogP contribution in [0.4, 0.5) is 5.69 Å².